The van der Waals surface area contributed by atoms with Crippen LogP contribution in [0, 0.1) is 24.2 Å². The number of ether oxygens (including phenoxy) is 2. The van der Waals surface area contributed by atoms with Crippen LogP contribution >= 0.6 is 0 Å². The predicted molar refractivity (Wildman–Crippen MR) is 141 cm³/mol. The zero-order chi connectivity index (χ0) is 25.4. The molecule has 7 atom stereocenters. The Morgan fingerprint density at radius 2 is 1.95 bits per heavy atom. The summed E-state index contributed by atoms with van der Waals surface area (Å²) in [5.74, 6) is 1.68. The lowest BCUT2D eigenvalue weighted by atomic mass is 9.33. The second-order valence-corrected chi connectivity index (χ2v) is 13.4. The van der Waals surface area contributed by atoms with Gasteiger partial charge in [-0.3, -0.25) is 4.90 Å². The Morgan fingerprint density at radius 3 is 2.70 bits per heavy atom. The third-order valence-electron chi connectivity index (χ3n) is 12.0. The van der Waals surface area contributed by atoms with E-state index in [1.54, 1.807) is 0 Å². The molecule has 4 saturated carbocycles. The SMILES string of the molecule is COC12CCC3(CC1C(C)(O)c1ccccc1C)C1Cc4ccc(O)c5c4C3(CCN1CC1CC1)C2O5. The molecule has 37 heavy (non-hydrogen) atoms. The molecule has 0 radical (unpaired) electrons. The van der Waals surface area contributed by atoms with Gasteiger partial charge in [0, 0.05) is 42.0 Å². The van der Waals surface area contributed by atoms with Crippen molar-refractivity contribution in [2.24, 2.45) is 17.3 Å². The molecule has 2 heterocycles. The van der Waals surface area contributed by atoms with E-state index in [9.17, 15) is 10.2 Å². The molecule has 2 aromatic carbocycles. The van der Waals surface area contributed by atoms with Crippen LogP contribution in [-0.4, -0.2) is 53.1 Å². The van der Waals surface area contributed by atoms with Crippen LogP contribution in [0.4, 0.5) is 0 Å². The normalized spacial score (nSPS) is 40.7. The Hall–Kier alpha value is -2.08. The number of piperidine rings is 1. The Labute approximate surface area is 219 Å². The predicted octanol–water partition coefficient (Wildman–Crippen LogP) is 4.83. The van der Waals surface area contributed by atoms with Crippen LogP contribution in [0.2, 0.25) is 0 Å². The van der Waals surface area contributed by atoms with Crippen molar-refractivity contribution in [1.29, 1.82) is 0 Å². The van der Waals surface area contributed by atoms with Gasteiger partial charge in [0.25, 0.3) is 0 Å². The second-order valence-electron chi connectivity index (χ2n) is 13.4. The highest BCUT2D eigenvalue weighted by Gasteiger charge is 2.82. The zero-order valence-corrected chi connectivity index (χ0v) is 22.3. The number of nitrogens with zero attached hydrogens (tertiary/aromatic N) is 1. The maximum Gasteiger partial charge on any atom is 0.165 e. The number of phenols is 1. The van der Waals surface area contributed by atoms with Gasteiger partial charge in [-0.15, -0.1) is 0 Å². The summed E-state index contributed by atoms with van der Waals surface area (Å²) in [6.45, 7) is 6.39. The summed E-state index contributed by atoms with van der Waals surface area (Å²) in [5, 5.41) is 23.6. The van der Waals surface area contributed by atoms with Crippen LogP contribution in [-0.2, 0) is 22.2 Å². The second kappa shape index (κ2) is 7.11. The summed E-state index contributed by atoms with van der Waals surface area (Å²) >= 11 is 0. The summed E-state index contributed by atoms with van der Waals surface area (Å²) in [5.41, 5.74) is 2.86. The molecule has 196 valence electrons. The summed E-state index contributed by atoms with van der Waals surface area (Å²) in [6, 6.07) is 12.7. The van der Waals surface area contributed by atoms with Crippen molar-refractivity contribution in [3.8, 4) is 11.5 Å². The average molecular weight is 502 g/mol. The Morgan fingerprint density at radius 1 is 1.14 bits per heavy atom. The largest absolute Gasteiger partial charge is 0.504 e. The maximum absolute atomic E-state index is 12.5. The summed E-state index contributed by atoms with van der Waals surface area (Å²) in [7, 11) is 1.82. The maximum atomic E-state index is 12.5. The van der Waals surface area contributed by atoms with Crippen LogP contribution in [0.25, 0.3) is 0 Å². The van der Waals surface area contributed by atoms with Crippen molar-refractivity contribution in [1.82, 2.24) is 4.90 Å². The number of hydrogen-bond acceptors (Lipinski definition) is 5. The van der Waals surface area contributed by atoms with Gasteiger partial charge >= 0.3 is 0 Å². The third kappa shape index (κ3) is 2.53. The van der Waals surface area contributed by atoms with E-state index in [0.717, 1.165) is 55.7 Å². The van der Waals surface area contributed by atoms with Gasteiger partial charge in [0.2, 0.25) is 0 Å². The molecule has 9 rings (SSSR count). The van der Waals surface area contributed by atoms with Gasteiger partial charge in [-0.1, -0.05) is 30.3 Å². The van der Waals surface area contributed by atoms with Crippen molar-refractivity contribution in [2.75, 3.05) is 20.2 Å². The third-order valence-corrected chi connectivity index (χ3v) is 12.0. The smallest absolute Gasteiger partial charge is 0.165 e. The minimum Gasteiger partial charge on any atom is -0.504 e. The molecule has 2 aliphatic heterocycles. The van der Waals surface area contributed by atoms with Crippen molar-refractivity contribution in [3.63, 3.8) is 0 Å². The molecular weight excluding hydrogens is 462 g/mol. The highest BCUT2D eigenvalue weighted by atomic mass is 16.6. The van der Waals surface area contributed by atoms with Crippen LogP contribution in [0.1, 0.15) is 67.7 Å². The number of fused-ring (bicyclic) bond motifs is 2. The zero-order valence-electron chi connectivity index (χ0n) is 22.3. The van der Waals surface area contributed by atoms with Gasteiger partial charge in [-0.2, -0.15) is 0 Å². The van der Waals surface area contributed by atoms with E-state index < -0.39 is 11.2 Å². The lowest BCUT2D eigenvalue weighted by Crippen LogP contribution is -2.82. The van der Waals surface area contributed by atoms with Gasteiger partial charge in [-0.25, -0.2) is 0 Å². The Kier molecular flexibility index (Phi) is 4.39. The van der Waals surface area contributed by atoms with Crippen molar-refractivity contribution in [2.45, 2.75) is 87.6 Å². The minimum absolute atomic E-state index is 0.00548. The number of aliphatic hydroxyl groups is 1. The fraction of sp³-hybridized carbons (Fsp3) is 0.625. The van der Waals surface area contributed by atoms with Crippen LogP contribution in [0.5, 0.6) is 11.5 Å². The number of phenolic OH excluding ortho intramolecular Hbond substituents is 1. The van der Waals surface area contributed by atoms with E-state index in [4.69, 9.17) is 9.47 Å². The molecule has 5 aliphatic carbocycles. The number of methoxy groups -OCH3 is 1. The first-order chi connectivity index (χ1) is 17.8. The molecular formula is C32H39NO4. The van der Waals surface area contributed by atoms with Crippen LogP contribution in [0.3, 0.4) is 0 Å². The van der Waals surface area contributed by atoms with Gasteiger partial charge in [0.05, 0.1) is 5.60 Å². The van der Waals surface area contributed by atoms with E-state index in [1.807, 2.05) is 32.2 Å². The van der Waals surface area contributed by atoms with Crippen molar-refractivity contribution >= 4 is 0 Å². The van der Waals surface area contributed by atoms with E-state index in [-0.39, 0.29) is 28.6 Å². The molecule has 0 amide bonds. The van der Waals surface area contributed by atoms with Crippen LogP contribution < -0.4 is 4.74 Å². The molecule has 4 bridgehead atoms. The number of likely N-dealkylation sites (tertiary alicyclic amines) is 1. The lowest BCUT2D eigenvalue weighted by molar-refractivity contribution is -0.304. The number of benzene rings is 2. The van der Waals surface area contributed by atoms with E-state index >= 15 is 0 Å². The molecule has 5 fully saturated rings. The first-order valence-electron chi connectivity index (χ1n) is 14.4. The van der Waals surface area contributed by atoms with Crippen molar-refractivity contribution in [3.05, 3.63) is 58.7 Å². The molecule has 5 heteroatoms. The number of rotatable bonds is 5. The molecule has 2 aromatic rings. The standard InChI is InChI=1S/C32H39NO4/c1-19-6-4-5-7-22(19)29(2,35)24-17-30-12-13-32(24,36-3)28-31(30)14-15-33(18-20-8-9-20)25(30)16-21-10-11-23(34)27(37-28)26(21)31/h4-7,10-11,20,24-25,28,34-35H,8-9,12-18H2,1-3H3. The molecule has 0 aromatic heterocycles. The van der Waals surface area contributed by atoms with Gasteiger partial charge in [0.1, 0.15) is 11.7 Å². The van der Waals surface area contributed by atoms with Gasteiger partial charge < -0.3 is 19.7 Å². The van der Waals surface area contributed by atoms with E-state index in [2.05, 4.69) is 30.0 Å². The van der Waals surface area contributed by atoms with Crippen molar-refractivity contribution < 1.29 is 19.7 Å². The first kappa shape index (κ1) is 22.9. The molecule has 5 nitrogen and oxygen atoms in total. The lowest BCUT2D eigenvalue weighted by Gasteiger charge is -2.75. The monoisotopic (exact) mass is 501 g/mol. The molecule has 7 unspecified atom stereocenters. The molecule has 1 saturated heterocycles. The fourth-order valence-corrected chi connectivity index (χ4v) is 10.4. The number of hydrogen-bond donors (Lipinski definition) is 2. The summed E-state index contributed by atoms with van der Waals surface area (Å²) in [4.78, 5) is 2.82. The fourth-order valence-electron chi connectivity index (χ4n) is 10.4. The quantitative estimate of drug-likeness (QED) is 0.614. The number of aromatic hydroxyl groups is 1. The summed E-state index contributed by atoms with van der Waals surface area (Å²) in [6.07, 6.45) is 7.43. The minimum atomic E-state index is -1.06. The number of aryl methyl sites for hydroxylation is 1. The molecule has 2 N–H and O–H groups in total. The molecule has 7 aliphatic rings. The van der Waals surface area contributed by atoms with E-state index in [1.165, 1.54) is 30.5 Å². The van der Waals surface area contributed by atoms with Crippen LogP contribution in [0.15, 0.2) is 36.4 Å². The van der Waals surface area contributed by atoms with E-state index in [0.29, 0.717) is 11.8 Å². The molecule has 2 spiro atoms. The summed E-state index contributed by atoms with van der Waals surface area (Å²) < 4.78 is 13.6. The topological polar surface area (TPSA) is 62.2 Å². The average Bonchev–Trinajstić information content (AvgIpc) is 3.63. The van der Waals surface area contributed by atoms with Gasteiger partial charge in [0.15, 0.2) is 11.5 Å². The Balaban J connectivity index is 1.36. The Bertz CT molecular complexity index is 1300. The highest BCUT2D eigenvalue weighted by molar-refractivity contribution is 5.63. The highest BCUT2D eigenvalue weighted by Crippen LogP contribution is 2.78. The van der Waals surface area contributed by atoms with Gasteiger partial charge in [-0.05, 0) is 94.0 Å². The first-order valence-corrected chi connectivity index (χ1v) is 14.4.